The van der Waals surface area contributed by atoms with Gasteiger partial charge in [-0.2, -0.15) is 5.26 Å². The first kappa shape index (κ1) is 15.6. The van der Waals surface area contributed by atoms with Crippen molar-refractivity contribution in [1.29, 1.82) is 5.26 Å². The Morgan fingerprint density at radius 3 is 2.57 bits per heavy atom. The first-order valence-electron chi connectivity index (χ1n) is 5.78. The van der Waals surface area contributed by atoms with Gasteiger partial charge in [0.05, 0.1) is 6.07 Å². The molecule has 0 aliphatic rings. The Labute approximate surface area is 133 Å². The van der Waals surface area contributed by atoms with Gasteiger partial charge in [0.15, 0.2) is 5.78 Å². The van der Waals surface area contributed by atoms with Crippen LogP contribution in [-0.2, 0) is 0 Å². The van der Waals surface area contributed by atoms with Gasteiger partial charge in [-0.3, -0.25) is 4.79 Å². The molecule has 0 saturated carbocycles. The lowest BCUT2D eigenvalue weighted by Gasteiger charge is -2.11. The summed E-state index contributed by atoms with van der Waals surface area (Å²) in [5.74, 6) is -3.70. The van der Waals surface area contributed by atoms with E-state index in [2.05, 4.69) is 15.9 Å². The highest BCUT2D eigenvalue weighted by Gasteiger charge is 2.26. The van der Waals surface area contributed by atoms with Gasteiger partial charge < -0.3 is 0 Å². The summed E-state index contributed by atoms with van der Waals surface area (Å²) >= 11 is 9.02. The van der Waals surface area contributed by atoms with Gasteiger partial charge >= 0.3 is 0 Å². The van der Waals surface area contributed by atoms with Crippen molar-refractivity contribution in [1.82, 2.24) is 0 Å². The van der Waals surface area contributed by atoms with Crippen LogP contribution in [-0.4, -0.2) is 5.78 Å². The number of Topliss-reactive ketones (excluding diaryl/α,β-unsaturated/α-hetero) is 1. The van der Waals surface area contributed by atoms with Crippen LogP contribution in [0.2, 0.25) is 5.02 Å². The topological polar surface area (TPSA) is 40.9 Å². The molecule has 0 fully saturated rings. The van der Waals surface area contributed by atoms with Crippen molar-refractivity contribution in [2.45, 2.75) is 5.92 Å². The van der Waals surface area contributed by atoms with Crippen LogP contribution in [0.4, 0.5) is 8.78 Å². The molecule has 2 rings (SSSR count). The number of rotatable bonds is 3. The molecule has 2 nitrogen and oxygen atoms in total. The van der Waals surface area contributed by atoms with E-state index >= 15 is 0 Å². The first-order valence-corrected chi connectivity index (χ1v) is 6.95. The largest absolute Gasteiger partial charge is 0.292 e. The molecule has 0 N–H and O–H groups in total. The molecule has 0 aromatic heterocycles. The summed E-state index contributed by atoms with van der Waals surface area (Å²) in [6, 6.07) is 9.00. The highest BCUT2D eigenvalue weighted by atomic mass is 79.9. The Morgan fingerprint density at radius 2 is 1.95 bits per heavy atom. The van der Waals surface area contributed by atoms with Crippen molar-refractivity contribution < 1.29 is 13.6 Å². The fourth-order valence-corrected chi connectivity index (χ4v) is 2.46. The number of benzene rings is 2. The third kappa shape index (κ3) is 3.29. The van der Waals surface area contributed by atoms with E-state index in [0.29, 0.717) is 15.6 Å². The van der Waals surface area contributed by atoms with E-state index in [4.69, 9.17) is 11.6 Å². The Hall–Kier alpha value is -1.77. The Kier molecular flexibility index (Phi) is 4.71. The van der Waals surface area contributed by atoms with E-state index in [1.807, 2.05) is 0 Å². The molecular formula is C15H7BrClF2NO. The minimum Gasteiger partial charge on any atom is -0.292 e. The van der Waals surface area contributed by atoms with Gasteiger partial charge in [-0.05, 0) is 24.3 Å². The molecule has 0 saturated heterocycles. The van der Waals surface area contributed by atoms with Gasteiger partial charge in [0.25, 0.3) is 0 Å². The van der Waals surface area contributed by atoms with Crippen molar-refractivity contribution in [2.75, 3.05) is 0 Å². The molecule has 21 heavy (non-hydrogen) atoms. The average Bonchev–Trinajstić information content (AvgIpc) is 2.44. The number of nitrogens with zero attached hydrogens (tertiary/aromatic N) is 1. The second-order valence-electron chi connectivity index (χ2n) is 4.22. The quantitative estimate of drug-likeness (QED) is 0.723. The summed E-state index contributed by atoms with van der Waals surface area (Å²) in [6.07, 6.45) is 0. The molecule has 0 aliphatic heterocycles. The number of halogens is 4. The Balaban J connectivity index is 2.49. The monoisotopic (exact) mass is 369 g/mol. The molecule has 0 aliphatic carbocycles. The maximum atomic E-state index is 13.8. The first-order chi connectivity index (χ1) is 9.93. The van der Waals surface area contributed by atoms with Gasteiger partial charge in [0.1, 0.15) is 17.6 Å². The van der Waals surface area contributed by atoms with Crippen LogP contribution in [0.1, 0.15) is 21.8 Å². The van der Waals surface area contributed by atoms with E-state index in [1.165, 1.54) is 6.07 Å². The van der Waals surface area contributed by atoms with Crippen molar-refractivity contribution in [2.24, 2.45) is 0 Å². The molecule has 1 unspecified atom stereocenters. The summed E-state index contributed by atoms with van der Waals surface area (Å²) in [5, 5.41) is 9.50. The van der Waals surface area contributed by atoms with Crippen molar-refractivity contribution in [3.8, 4) is 6.07 Å². The minimum atomic E-state index is -1.37. The van der Waals surface area contributed by atoms with Crippen LogP contribution < -0.4 is 0 Å². The summed E-state index contributed by atoms with van der Waals surface area (Å²) in [4.78, 5) is 12.4. The van der Waals surface area contributed by atoms with Gasteiger partial charge in [0.2, 0.25) is 0 Å². The summed E-state index contributed by atoms with van der Waals surface area (Å²) in [6.45, 7) is 0. The maximum Gasteiger partial charge on any atom is 0.185 e. The summed E-state index contributed by atoms with van der Waals surface area (Å²) in [5.41, 5.74) is -0.00597. The van der Waals surface area contributed by atoms with Crippen molar-refractivity contribution in [3.05, 3.63) is 68.7 Å². The molecule has 0 heterocycles. The van der Waals surface area contributed by atoms with E-state index in [-0.39, 0.29) is 11.1 Å². The Bertz CT molecular complexity index is 758. The number of nitriles is 1. The summed E-state index contributed by atoms with van der Waals surface area (Å²) < 4.78 is 27.1. The van der Waals surface area contributed by atoms with Crippen LogP contribution in [0.3, 0.4) is 0 Å². The molecule has 1 atom stereocenters. The van der Waals surface area contributed by atoms with Crippen LogP contribution in [0.25, 0.3) is 0 Å². The van der Waals surface area contributed by atoms with E-state index in [9.17, 15) is 18.8 Å². The van der Waals surface area contributed by atoms with Crippen LogP contribution in [0, 0.1) is 23.0 Å². The van der Waals surface area contributed by atoms with Gasteiger partial charge in [-0.1, -0.05) is 33.6 Å². The minimum absolute atomic E-state index is 0.165. The number of carbonyl (C=O) groups is 1. The smallest absolute Gasteiger partial charge is 0.185 e. The van der Waals surface area contributed by atoms with Gasteiger partial charge in [0, 0.05) is 26.7 Å². The Morgan fingerprint density at radius 1 is 1.24 bits per heavy atom. The van der Waals surface area contributed by atoms with E-state index < -0.39 is 23.3 Å². The van der Waals surface area contributed by atoms with Crippen molar-refractivity contribution >= 4 is 33.3 Å². The lowest BCUT2D eigenvalue weighted by molar-refractivity contribution is 0.0976. The molecule has 0 bridgehead atoms. The predicted octanol–water partition coefficient (Wildman–Crippen LogP) is 4.87. The second kappa shape index (κ2) is 6.33. The lowest BCUT2D eigenvalue weighted by Crippen LogP contribution is -2.13. The van der Waals surface area contributed by atoms with Crippen molar-refractivity contribution in [3.63, 3.8) is 0 Å². The van der Waals surface area contributed by atoms with Crippen LogP contribution in [0.15, 0.2) is 40.9 Å². The molecule has 6 heteroatoms. The molecule has 0 amide bonds. The molecule has 106 valence electrons. The van der Waals surface area contributed by atoms with Gasteiger partial charge in [-0.25, -0.2) is 8.78 Å². The fourth-order valence-electron chi connectivity index (χ4n) is 1.85. The van der Waals surface area contributed by atoms with Crippen LogP contribution in [0.5, 0.6) is 0 Å². The SMILES string of the molecule is N#CC(C(=O)c1cc(Cl)ccc1Br)c1ccc(F)cc1F. The highest BCUT2D eigenvalue weighted by Crippen LogP contribution is 2.29. The van der Waals surface area contributed by atoms with Gasteiger partial charge in [-0.15, -0.1) is 0 Å². The number of hydrogen-bond donors (Lipinski definition) is 0. The standard InChI is InChI=1S/C15H7BrClF2NO/c16-13-4-1-8(17)5-11(13)15(21)12(7-20)10-3-2-9(18)6-14(10)19/h1-6,12H. The molecule has 2 aromatic rings. The molecule has 2 aromatic carbocycles. The second-order valence-corrected chi connectivity index (χ2v) is 5.51. The zero-order valence-corrected chi connectivity index (χ0v) is 12.8. The average molecular weight is 371 g/mol. The molecular weight excluding hydrogens is 364 g/mol. The van der Waals surface area contributed by atoms with Crippen LogP contribution >= 0.6 is 27.5 Å². The fraction of sp³-hybridized carbons (Fsp3) is 0.0667. The third-order valence-corrected chi connectivity index (χ3v) is 3.79. The zero-order valence-electron chi connectivity index (χ0n) is 10.4. The zero-order chi connectivity index (χ0) is 15.6. The highest BCUT2D eigenvalue weighted by molar-refractivity contribution is 9.10. The van der Waals surface area contributed by atoms with E-state index in [0.717, 1.165) is 12.1 Å². The number of ketones is 1. The predicted molar refractivity (Wildman–Crippen MR) is 78.2 cm³/mol. The normalized spacial score (nSPS) is 11.8. The van der Waals surface area contributed by atoms with E-state index in [1.54, 1.807) is 18.2 Å². The molecule has 0 radical (unpaired) electrons. The maximum absolute atomic E-state index is 13.8. The molecule has 0 spiro atoms. The summed E-state index contributed by atoms with van der Waals surface area (Å²) in [7, 11) is 0. The number of hydrogen-bond acceptors (Lipinski definition) is 2. The number of carbonyl (C=O) groups excluding carboxylic acids is 1. The lowest BCUT2D eigenvalue weighted by atomic mass is 9.91. The third-order valence-electron chi connectivity index (χ3n) is 2.86.